The third-order valence-corrected chi connectivity index (χ3v) is 3.56. The van der Waals surface area contributed by atoms with Gasteiger partial charge in [-0.2, -0.15) is 5.10 Å². The second-order valence-corrected chi connectivity index (χ2v) is 5.17. The van der Waals surface area contributed by atoms with Crippen molar-refractivity contribution in [2.24, 2.45) is 0 Å². The van der Waals surface area contributed by atoms with Gasteiger partial charge < -0.3 is 10.4 Å². The van der Waals surface area contributed by atoms with E-state index in [1.807, 2.05) is 42.5 Å². The molecule has 1 amide bonds. The van der Waals surface area contributed by atoms with E-state index in [9.17, 15) is 9.90 Å². The van der Waals surface area contributed by atoms with Crippen molar-refractivity contribution >= 4 is 5.91 Å². The van der Waals surface area contributed by atoms with Crippen LogP contribution in [0, 0.1) is 0 Å². The van der Waals surface area contributed by atoms with Crippen LogP contribution < -0.4 is 5.32 Å². The average Bonchev–Trinajstić information content (AvgIpc) is 3.07. The van der Waals surface area contributed by atoms with Gasteiger partial charge in [0, 0.05) is 12.1 Å². The topological polar surface area (TPSA) is 78.0 Å². The van der Waals surface area contributed by atoms with Crippen LogP contribution in [0.4, 0.5) is 0 Å². The average molecular weight is 307 g/mol. The lowest BCUT2D eigenvalue weighted by atomic mass is 10.1. The quantitative estimate of drug-likeness (QED) is 0.678. The van der Waals surface area contributed by atoms with E-state index in [1.54, 1.807) is 18.2 Å². The molecule has 0 bridgehead atoms. The number of aromatic amines is 1. The fourth-order valence-electron chi connectivity index (χ4n) is 2.32. The van der Waals surface area contributed by atoms with E-state index in [0.717, 1.165) is 16.8 Å². The molecule has 1 aromatic heterocycles. The Labute approximate surface area is 134 Å². The molecule has 5 heteroatoms. The Bertz CT molecular complexity index is 797. The van der Waals surface area contributed by atoms with Crippen molar-refractivity contribution in [1.82, 2.24) is 15.5 Å². The first kappa shape index (κ1) is 14.8. The number of phenols is 1. The number of benzene rings is 2. The third kappa shape index (κ3) is 3.58. The van der Waals surface area contributed by atoms with Crippen molar-refractivity contribution in [1.29, 1.82) is 0 Å². The Morgan fingerprint density at radius 2 is 1.83 bits per heavy atom. The summed E-state index contributed by atoms with van der Waals surface area (Å²) in [6, 6.07) is 18.5. The molecule has 3 aromatic rings. The number of amides is 1. The van der Waals surface area contributed by atoms with Gasteiger partial charge in [-0.3, -0.25) is 9.89 Å². The van der Waals surface area contributed by atoms with E-state index in [1.165, 1.54) is 0 Å². The maximum absolute atomic E-state index is 12.1. The summed E-state index contributed by atoms with van der Waals surface area (Å²) in [6.45, 7) is 0.441. The number of nitrogens with zero attached hydrogens (tertiary/aromatic N) is 1. The third-order valence-electron chi connectivity index (χ3n) is 3.56. The molecule has 5 nitrogen and oxygen atoms in total. The van der Waals surface area contributed by atoms with Gasteiger partial charge in [-0.25, -0.2) is 0 Å². The van der Waals surface area contributed by atoms with Gasteiger partial charge >= 0.3 is 0 Å². The Hall–Kier alpha value is -3.08. The summed E-state index contributed by atoms with van der Waals surface area (Å²) in [4.78, 5) is 12.1. The summed E-state index contributed by atoms with van der Waals surface area (Å²) in [7, 11) is 0. The molecule has 0 aliphatic carbocycles. The van der Waals surface area contributed by atoms with Crippen LogP contribution in [0.3, 0.4) is 0 Å². The second kappa shape index (κ2) is 6.79. The zero-order chi connectivity index (χ0) is 16.1. The van der Waals surface area contributed by atoms with Crippen LogP contribution in [0.1, 0.15) is 16.1 Å². The SMILES string of the molecule is O=C(NCCc1ccccc1O)c1cc(-c2ccccc2)n[nH]1. The first-order chi connectivity index (χ1) is 11.2. The maximum atomic E-state index is 12.1. The van der Waals surface area contributed by atoms with Crippen LogP contribution in [0.15, 0.2) is 60.7 Å². The van der Waals surface area contributed by atoms with E-state index in [2.05, 4.69) is 15.5 Å². The van der Waals surface area contributed by atoms with Crippen molar-refractivity contribution in [3.05, 3.63) is 71.9 Å². The summed E-state index contributed by atoms with van der Waals surface area (Å²) in [5.74, 6) is 0.0322. The molecule has 0 unspecified atom stereocenters. The van der Waals surface area contributed by atoms with Gasteiger partial charge in [0.05, 0.1) is 5.69 Å². The molecule has 0 radical (unpaired) electrons. The summed E-state index contributed by atoms with van der Waals surface area (Å²) >= 11 is 0. The highest BCUT2D eigenvalue weighted by Crippen LogP contribution is 2.17. The van der Waals surface area contributed by atoms with Gasteiger partial charge in [0.25, 0.3) is 5.91 Å². The standard InChI is InChI=1S/C18H17N3O2/c22-17-9-5-4-8-14(17)10-11-19-18(23)16-12-15(20-21-16)13-6-2-1-3-7-13/h1-9,12,22H,10-11H2,(H,19,23)(H,20,21). The normalized spacial score (nSPS) is 10.4. The lowest BCUT2D eigenvalue weighted by Gasteiger charge is -2.05. The number of carbonyl (C=O) groups is 1. The van der Waals surface area contributed by atoms with E-state index >= 15 is 0 Å². The molecule has 2 aromatic carbocycles. The van der Waals surface area contributed by atoms with Crippen LogP contribution in [0.5, 0.6) is 5.75 Å². The molecule has 0 saturated carbocycles. The van der Waals surface area contributed by atoms with Gasteiger partial charge in [0.15, 0.2) is 0 Å². The molecule has 0 aliphatic rings. The zero-order valence-electron chi connectivity index (χ0n) is 12.5. The molecule has 3 rings (SSSR count). The predicted molar refractivity (Wildman–Crippen MR) is 88.2 cm³/mol. The van der Waals surface area contributed by atoms with E-state index in [4.69, 9.17) is 0 Å². The van der Waals surface area contributed by atoms with Crippen molar-refractivity contribution in [2.75, 3.05) is 6.54 Å². The Kier molecular flexibility index (Phi) is 4.38. The number of H-pyrrole nitrogens is 1. The van der Waals surface area contributed by atoms with E-state index in [-0.39, 0.29) is 11.7 Å². The van der Waals surface area contributed by atoms with Crippen LogP contribution in [-0.4, -0.2) is 27.8 Å². The van der Waals surface area contributed by atoms with Crippen LogP contribution in [0.25, 0.3) is 11.3 Å². The number of aromatic nitrogens is 2. The molecule has 3 N–H and O–H groups in total. The fourth-order valence-corrected chi connectivity index (χ4v) is 2.32. The predicted octanol–water partition coefficient (Wildman–Crippen LogP) is 2.75. The first-order valence-corrected chi connectivity index (χ1v) is 7.40. The lowest BCUT2D eigenvalue weighted by molar-refractivity contribution is 0.0949. The molecule has 0 fully saturated rings. The molecular formula is C18H17N3O2. The van der Waals surface area contributed by atoms with Gasteiger partial charge in [-0.05, 0) is 24.1 Å². The fraction of sp³-hybridized carbons (Fsp3) is 0.111. The Balaban J connectivity index is 1.59. The Morgan fingerprint density at radius 3 is 2.61 bits per heavy atom. The molecule has 0 atom stereocenters. The highest BCUT2D eigenvalue weighted by molar-refractivity contribution is 5.93. The van der Waals surface area contributed by atoms with Crippen LogP contribution >= 0.6 is 0 Å². The van der Waals surface area contributed by atoms with Gasteiger partial charge in [-0.15, -0.1) is 0 Å². The minimum absolute atomic E-state index is 0.213. The van der Waals surface area contributed by atoms with Gasteiger partial charge in [0.2, 0.25) is 0 Å². The summed E-state index contributed by atoms with van der Waals surface area (Å²) in [5, 5.41) is 19.4. The molecular weight excluding hydrogens is 290 g/mol. The Morgan fingerprint density at radius 1 is 1.09 bits per heavy atom. The van der Waals surface area contributed by atoms with Crippen molar-refractivity contribution < 1.29 is 9.90 Å². The molecule has 116 valence electrons. The number of phenolic OH excluding ortho intramolecular Hbond substituents is 1. The summed E-state index contributed by atoms with van der Waals surface area (Å²) in [6.07, 6.45) is 0.568. The highest BCUT2D eigenvalue weighted by Gasteiger charge is 2.10. The summed E-state index contributed by atoms with van der Waals surface area (Å²) < 4.78 is 0. The maximum Gasteiger partial charge on any atom is 0.269 e. The number of rotatable bonds is 5. The highest BCUT2D eigenvalue weighted by atomic mass is 16.3. The molecule has 0 saturated heterocycles. The number of nitrogens with one attached hydrogen (secondary N) is 2. The minimum atomic E-state index is -0.213. The largest absolute Gasteiger partial charge is 0.508 e. The van der Waals surface area contributed by atoms with Gasteiger partial charge in [0.1, 0.15) is 11.4 Å². The molecule has 1 heterocycles. The molecule has 0 spiro atoms. The number of hydrogen-bond acceptors (Lipinski definition) is 3. The van der Waals surface area contributed by atoms with E-state index in [0.29, 0.717) is 18.7 Å². The van der Waals surface area contributed by atoms with Crippen molar-refractivity contribution in [3.63, 3.8) is 0 Å². The number of hydrogen-bond donors (Lipinski definition) is 3. The number of carbonyl (C=O) groups excluding carboxylic acids is 1. The summed E-state index contributed by atoms with van der Waals surface area (Å²) in [5.41, 5.74) is 2.91. The molecule has 23 heavy (non-hydrogen) atoms. The first-order valence-electron chi connectivity index (χ1n) is 7.40. The van der Waals surface area contributed by atoms with Crippen molar-refractivity contribution in [3.8, 4) is 17.0 Å². The van der Waals surface area contributed by atoms with Crippen LogP contribution in [-0.2, 0) is 6.42 Å². The second-order valence-electron chi connectivity index (χ2n) is 5.17. The van der Waals surface area contributed by atoms with E-state index < -0.39 is 0 Å². The molecule has 0 aliphatic heterocycles. The smallest absolute Gasteiger partial charge is 0.269 e. The van der Waals surface area contributed by atoms with Crippen molar-refractivity contribution in [2.45, 2.75) is 6.42 Å². The lowest BCUT2D eigenvalue weighted by Crippen LogP contribution is -2.26. The van der Waals surface area contributed by atoms with Crippen LogP contribution in [0.2, 0.25) is 0 Å². The van der Waals surface area contributed by atoms with Gasteiger partial charge in [-0.1, -0.05) is 48.5 Å². The monoisotopic (exact) mass is 307 g/mol. The number of aromatic hydroxyl groups is 1. The number of para-hydroxylation sites is 1. The minimum Gasteiger partial charge on any atom is -0.508 e. The zero-order valence-corrected chi connectivity index (χ0v) is 12.5.